The summed E-state index contributed by atoms with van der Waals surface area (Å²) in [5, 5.41) is 8.83. The van der Waals surface area contributed by atoms with Gasteiger partial charge in [-0.15, -0.1) is 0 Å². The molecular weight excluding hydrogens is 297 g/mol. The number of aliphatic carboxylic acids is 1. The molecular formula is C11H18N5O4P. The summed E-state index contributed by atoms with van der Waals surface area (Å²) >= 11 is 0. The maximum atomic E-state index is 12.1. The van der Waals surface area contributed by atoms with Crippen molar-refractivity contribution in [2.24, 2.45) is 27.9 Å². The molecule has 0 bridgehead atoms. The molecule has 9 nitrogen and oxygen atoms in total. The van der Waals surface area contributed by atoms with Gasteiger partial charge in [0.25, 0.3) is 0 Å². The second-order valence-electron chi connectivity index (χ2n) is 4.04. The molecule has 0 spiro atoms. The fourth-order valence-corrected chi connectivity index (χ4v) is 1.65. The first kappa shape index (κ1) is 18.9. The van der Waals surface area contributed by atoms with Crippen LogP contribution < -0.4 is 22.9 Å². The van der Waals surface area contributed by atoms with Crippen LogP contribution >= 0.6 is 7.92 Å². The average Bonchev–Trinajstić information content (AvgIpc) is 2.42. The van der Waals surface area contributed by atoms with Gasteiger partial charge in [-0.25, -0.2) is 0 Å². The molecule has 0 aromatic rings. The molecule has 0 fully saturated rings. The van der Waals surface area contributed by atoms with Crippen LogP contribution in [0.2, 0.25) is 0 Å². The van der Waals surface area contributed by atoms with E-state index in [4.69, 9.17) is 28.0 Å². The Morgan fingerprint density at radius 2 is 1.90 bits per heavy atom. The van der Waals surface area contributed by atoms with Crippen LogP contribution in [0.5, 0.6) is 0 Å². The molecule has 116 valence electrons. The Kier molecular flexibility index (Phi) is 8.80. The number of guanidine groups is 1. The van der Waals surface area contributed by atoms with Crippen LogP contribution in [0.15, 0.2) is 16.3 Å². The molecule has 0 aliphatic heterocycles. The molecule has 10 heteroatoms. The van der Waals surface area contributed by atoms with Gasteiger partial charge >= 0.3 is 122 Å². The van der Waals surface area contributed by atoms with Gasteiger partial charge in [0.05, 0.1) is 0 Å². The minimum atomic E-state index is -1.45. The van der Waals surface area contributed by atoms with Gasteiger partial charge < -0.3 is 0 Å². The molecule has 0 aromatic heterocycles. The number of carbonyl (C=O) groups is 2. The number of nitrogens with two attached hydrogens (primary N) is 4. The second kappa shape index (κ2) is 9.77. The molecule has 0 amide bonds. The number of carboxylic acids is 1. The van der Waals surface area contributed by atoms with E-state index in [1.54, 1.807) is 0 Å². The van der Waals surface area contributed by atoms with Crippen molar-refractivity contribution in [3.63, 3.8) is 0 Å². The van der Waals surface area contributed by atoms with Crippen molar-refractivity contribution in [2.45, 2.75) is 25.3 Å². The fourth-order valence-electron chi connectivity index (χ4n) is 1.43. The Labute approximate surface area is 122 Å². The molecule has 0 saturated carbocycles. The van der Waals surface area contributed by atoms with Crippen molar-refractivity contribution in [1.82, 2.24) is 0 Å². The van der Waals surface area contributed by atoms with Crippen molar-refractivity contribution in [1.29, 1.82) is 0 Å². The fraction of sp³-hybridized carbons (Fsp3) is 0.455. The third kappa shape index (κ3) is 7.31. The van der Waals surface area contributed by atoms with Crippen molar-refractivity contribution in [3.05, 3.63) is 11.3 Å². The number of rotatable bonds is 8. The third-order valence-electron chi connectivity index (χ3n) is 2.48. The van der Waals surface area contributed by atoms with Gasteiger partial charge in [0, 0.05) is 0 Å². The van der Waals surface area contributed by atoms with Gasteiger partial charge in [0.15, 0.2) is 0 Å². The zero-order valence-corrected chi connectivity index (χ0v) is 12.2. The summed E-state index contributed by atoms with van der Waals surface area (Å²) in [5.41, 5.74) is 22.8. The molecule has 0 aromatic carbocycles. The van der Waals surface area contributed by atoms with Crippen LogP contribution in [0, 0.1) is 5.63 Å². The minimum absolute atomic E-state index is 0.0655. The summed E-state index contributed by atoms with van der Waals surface area (Å²) in [7, 11) is -0.454. The number of ketones is 1. The summed E-state index contributed by atoms with van der Waals surface area (Å²) in [5.74, 6) is -2.14. The standard InChI is InChI=1S/C11H18N5O4P/c12-7(2-1-4-16-11(14)15)9(17)6(3-5-21-20)8(13)10(18)19/h7H,1-4,12-13H2,(H,18,19)(H4,14,15,16)/b8-6-/t7-/m0/s1. The van der Waals surface area contributed by atoms with E-state index in [-0.39, 0.29) is 24.4 Å². The average molecular weight is 315 g/mol. The van der Waals surface area contributed by atoms with Gasteiger partial charge in [-0.05, 0) is 0 Å². The van der Waals surface area contributed by atoms with Gasteiger partial charge in [-0.3, -0.25) is 0 Å². The Balaban J connectivity index is 4.91. The summed E-state index contributed by atoms with van der Waals surface area (Å²) in [6.07, 6.45) is 0.434. The van der Waals surface area contributed by atoms with Crippen LogP contribution in [-0.2, 0) is 14.2 Å². The van der Waals surface area contributed by atoms with E-state index in [2.05, 4.69) is 10.6 Å². The first-order valence-corrected chi connectivity index (χ1v) is 6.74. The maximum absolute atomic E-state index is 12.1. The van der Waals surface area contributed by atoms with E-state index in [1.165, 1.54) is 0 Å². The Hall–Kier alpha value is -2.08. The molecule has 0 heterocycles. The van der Waals surface area contributed by atoms with Crippen LogP contribution in [0.4, 0.5) is 0 Å². The van der Waals surface area contributed by atoms with E-state index in [0.29, 0.717) is 13.0 Å². The molecule has 21 heavy (non-hydrogen) atoms. The molecule has 1 atom stereocenters. The molecule has 9 N–H and O–H groups in total. The quantitative estimate of drug-likeness (QED) is 0.122. The number of hydrogen-bond donors (Lipinski definition) is 5. The van der Waals surface area contributed by atoms with Crippen LogP contribution in [-0.4, -0.2) is 35.4 Å². The molecule has 0 aliphatic rings. The van der Waals surface area contributed by atoms with Crippen LogP contribution in [0.3, 0.4) is 0 Å². The summed E-state index contributed by atoms with van der Waals surface area (Å²) in [6, 6.07) is -0.947. The molecule has 0 aliphatic carbocycles. The van der Waals surface area contributed by atoms with Crippen LogP contribution in [0.25, 0.3) is 0 Å². The SMILES string of the molecule is NC(N)=NCCC[C@H](N)C(=O)/C(CC#P=O)=C(\N)C(=O)O. The number of nitrogens with zero attached hydrogens (tertiary/aromatic N) is 1. The predicted molar refractivity (Wildman–Crippen MR) is 77.9 cm³/mol. The topological polar surface area (TPSA) is 188 Å². The third-order valence-corrected chi connectivity index (χ3v) is 2.76. The second-order valence-corrected chi connectivity index (χ2v) is 4.54. The first-order chi connectivity index (χ1) is 9.81. The Morgan fingerprint density at radius 1 is 1.29 bits per heavy atom. The number of carbonyl (C=O) groups excluding carboxylic acids is 1. The summed E-state index contributed by atoms with van der Waals surface area (Å²) in [6.45, 7) is 0.300. The molecule has 0 saturated heterocycles. The van der Waals surface area contributed by atoms with Gasteiger partial charge in [0.1, 0.15) is 0 Å². The number of hydrogen-bond acceptors (Lipinski definition) is 6. The first-order valence-electron chi connectivity index (χ1n) is 5.93. The van der Waals surface area contributed by atoms with E-state index < -0.39 is 31.4 Å². The van der Waals surface area contributed by atoms with Crippen molar-refractivity contribution >= 4 is 25.6 Å². The number of aliphatic imine (C=N–C) groups is 1. The zero-order valence-electron chi connectivity index (χ0n) is 11.3. The summed E-state index contributed by atoms with van der Waals surface area (Å²) < 4.78 is 10.4. The summed E-state index contributed by atoms with van der Waals surface area (Å²) in [4.78, 5) is 26.6. The Morgan fingerprint density at radius 3 is 2.38 bits per heavy atom. The molecule has 0 unspecified atom stereocenters. The van der Waals surface area contributed by atoms with Gasteiger partial charge in [-0.1, -0.05) is 0 Å². The van der Waals surface area contributed by atoms with Crippen molar-refractivity contribution in [2.75, 3.05) is 6.54 Å². The van der Waals surface area contributed by atoms with Crippen LogP contribution in [0.1, 0.15) is 19.3 Å². The van der Waals surface area contributed by atoms with Gasteiger partial charge in [0.2, 0.25) is 0 Å². The van der Waals surface area contributed by atoms with E-state index in [0.717, 1.165) is 0 Å². The van der Waals surface area contributed by atoms with E-state index in [1.807, 2.05) is 0 Å². The van der Waals surface area contributed by atoms with Gasteiger partial charge in [-0.2, -0.15) is 0 Å². The number of carboxylic acid groups (broad SMARTS) is 1. The van der Waals surface area contributed by atoms with E-state index in [9.17, 15) is 14.2 Å². The predicted octanol–water partition coefficient (Wildman–Crippen LogP) is -1.13. The van der Waals surface area contributed by atoms with Crippen molar-refractivity contribution < 1.29 is 19.3 Å². The Bertz CT molecular complexity index is 562. The number of Topliss-reactive ketones (excluding diaryl/α,β-unsaturated/α-hetero) is 1. The monoisotopic (exact) mass is 315 g/mol. The van der Waals surface area contributed by atoms with E-state index >= 15 is 0 Å². The molecule has 0 radical (unpaired) electrons. The van der Waals surface area contributed by atoms with Crippen molar-refractivity contribution in [3.8, 4) is 5.63 Å². The zero-order chi connectivity index (χ0) is 16.4. The normalized spacial score (nSPS) is 12.6. The molecule has 0 rings (SSSR count).